The van der Waals surface area contributed by atoms with Crippen LogP contribution in [-0.2, 0) is 19.1 Å². The van der Waals surface area contributed by atoms with Gasteiger partial charge >= 0.3 is 12.0 Å². The van der Waals surface area contributed by atoms with Gasteiger partial charge in [-0.25, -0.2) is 4.79 Å². The van der Waals surface area contributed by atoms with E-state index in [1.807, 2.05) is 0 Å². The number of nitrogens with zero attached hydrogens (tertiary/aromatic N) is 3. The summed E-state index contributed by atoms with van der Waals surface area (Å²) in [6.07, 6.45) is 1.15. The number of likely N-dealkylation sites (tertiary alicyclic amines) is 1. The third-order valence-corrected chi connectivity index (χ3v) is 4.96. The number of hydrogen-bond donors (Lipinski definition) is 0. The van der Waals surface area contributed by atoms with Crippen LogP contribution in [0.15, 0.2) is 0 Å². The number of ether oxygens (including phenoxy) is 2. The Balaban J connectivity index is 2.19. The van der Waals surface area contributed by atoms with Crippen LogP contribution in [0.4, 0.5) is 4.79 Å². The molecule has 0 aliphatic carbocycles. The molecule has 2 aliphatic heterocycles. The van der Waals surface area contributed by atoms with Crippen molar-refractivity contribution in [2.75, 3.05) is 53.6 Å². The first kappa shape index (κ1) is 19.7. The molecule has 0 saturated carbocycles. The number of urea groups is 1. The maximum atomic E-state index is 13.0. The summed E-state index contributed by atoms with van der Waals surface area (Å²) in [6.45, 7) is 7.16. The van der Waals surface area contributed by atoms with Gasteiger partial charge in [-0.3, -0.25) is 14.5 Å². The number of carbonyl (C=O) groups is 3. The van der Waals surface area contributed by atoms with Gasteiger partial charge in [-0.1, -0.05) is 13.8 Å². The average Bonchev–Trinajstić information content (AvgIpc) is 2.76. The Kier molecular flexibility index (Phi) is 6.40. The van der Waals surface area contributed by atoms with Gasteiger partial charge in [0.1, 0.15) is 12.1 Å². The molecule has 0 N–H and O–H groups in total. The number of imide groups is 1. The molecule has 2 heterocycles. The van der Waals surface area contributed by atoms with E-state index in [4.69, 9.17) is 4.74 Å². The Hall–Kier alpha value is -1.67. The zero-order valence-electron chi connectivity index (χ0n) is 15.6. The van der Waals surface area contributed by atoms with Crippen LogP contribution in [0.3, 0.4) is 0 Å². The molecule has 0 radical (unpaired) electrons. The van der Waals surface area contributed by atoms with E-state index in [0.717, 1.165) is 24.5 Å². The van der Waals surface area contributed by atoms with Gasteiger partial charge in [-0.05, 0) is 18.8 Å². The molecule has 142 valence electrons. The molecule has 8 heteroatoms. The van der Waals surface area contributed by atoms with Crippen molar-refractivity contribution in [3.63, 3.8) is 0 Å². The smallest absolute Gasteiger partial charge is 0.328 e. The second-order valence-corrected chi connectivity index (χ2v) is 7.12. The minimum atomic E-state index is -0.864. The lowest BCUT2D eigenvalue weighted by atomic mass is 9.85. The fourth-order valence-corrected chi connectivity index (χ4v) is 3.71. The molecule has 8 nitrogen and oxygen atoms in total. The molecule has 0 atom stereocenters. The number of amides is 3. The normalized spacial score (nSPS) is 20.8. The largest absolute Gasteiger partial charge is 0.468 e. The Morgan fingerprint density at radius 1 is 1.20 bits per heavy atom. The van der Waals surface area contributed by atoms with Gasteiger partial charge in [0.25, 0.3) is 5.91 Å². The van der Waals surface area contributed by atoms with E-state index in [0.29, 0.717) is 31.9 Å². The molecule has 0 aromatic heterocycles. The summed E-state index contributed by atoms with van der Waals surface area (Å²) in [6, 6.07) is -0.426. The maximum Gasteiger partial charge on any atom is 0.328 e. The fraction of sp³-hybridized carbons (Fsp3) is 0.824. The molecule has 0 aromatic rings. The van der Waals surface area contributed by atoms with Crippen LogP contribution in [0, 0.1) is 5.92 Å². The highest BCUT2D eigenvalue weighted by molar-refractivity contribution is 6.08. The number of rotatable bonds is 7. The molecule has 2 saturated heterocycles. The van der Waals surface area contributed by atoms with Crippen LogP contribution in [0.5, 0.6) is 0 Å². The second kappa shape index (κ2) is 8.14. The highest BCUT2D eigenvalue weighted by atomic mass is 16.5. The van der Waals surface area contributed by atoms with Crippen LogP contribution in [-0.4, -0.2) is 91.7 Å². The number of piperidine rings is 1. The molecule has 25 heavy (non-hydrogen) atoms. The highest BCUT2D eigenvalue weighted by Crippen LogP contribution is 2.37. The molecule has 2 rings (SSSR count). The molecular weight excluding hydrogens is 326 g/mol. The van der Waals surface area contributed by atoms with Gasteiger partial charge in [-0.15, -0.1) is 0 Å². The van der Waals surface area contributed by atoms with Crippen molar-refractivity contribution in [2.24, 2.45) is 5.92 Å². The fourth-order valence-electron chi connectivity index (χ4n) is 3.71. The maximum absolute atomic E-state index is 13.0. The Bertz CT molecular complexity index is 514. The van der Waals surface area contributed by atoms with Gasteiger partial charge in [0.05, 0.1) is 13.7 Å². The van der Waals surface area contributed by atoms with Gasteiger partial charge in [0.2, 0.25) is 0 Å². The number of hydrogen-bond acceptors (Lipinski definition) is 6. The predicted molar refractivity (Wildman–Crippen MR) is 91.0 cm³/mol. The first-order chi connectivity index (χ1) is 11.9. The zero-order valence-corrected chi connectivity index (χ0v) is 15.6. The van der Waals surface area contributed by atoms with Crippen molar-refractivity contribution in [2.45, 2.75) is 32.2 Å². The predicted octanol–water partition coefficient (Wildman–Crippen LogP) is 0.561. The van der Waals surface area contributed by atoms with E-state index in [1.165, 1.54) is 7.11 Å². The van der Waals surface area contributed by atoms with Crippen molar-refractivity contribution in [3.8, 4) is 0 Å². The van der Waals surface area contributed by atoms with Gasteiger partial charge < -0.3 is 19.3 Å². The summed E-state index contributed by atoms with van der Waals surface area (Å²) < 4.78 is 9.73. The van der Waals surface area contributed by atoms with Crippen LogP contribution in [0.1, 0.15) is 26.7 Å². The lowest BCUT2D eigenvalue weighted by Gasteiger charge is -2.42. The van der Waals surface area contributed by atoms with Crippen LogP contribution in [0.2, 0.25) is 0 Å². The summed E-state index contributed by atoms with van der Waals surface area (Å²) in [5.74, 6) is -0.332. The van der Waals surface area contributed by atoms with Crippen molar-refractivity contribution >= 4 is 17.9 Å². The van der Waals surface area contributed by atoms with Crippen LogP contribution in [0.25, 0.3) is 0 Å². The summed E-state index contributed by atoms with van der Waals surface area (Å²) in [4.78, 5) is 42.4. The SMILES string of the molecule is COCCN1C(=O)N(CC(=O)OC)C(=O)C12CCN(CC(C)C)CC2. The quantitative estimate of drug-likeness (QED) is 0.490. The van der Waals surface area contributed by atoms with E-state index in [9.17, 15) is 14.4 Å². The van der Waals surface area contributed by atoms with E-state index in [1.54, 1.807) is 12.0 Å². The van der Waals surface area contributed by atoms with Crippen molar-refractivity contribution in [1.29, 1.82) is 0 Å². The summed E-state index contributed by atoms with van der Waals surface area (Å²) in [7, 11) is 2.81. The standard InChI is InChI=1S/C17H29N3O5/c1-13(2)11-18-7-5-17(6-8-18)15(22)19(12-14(21)25-4)16(23)20(17)9-10-24-3/h13H,5-12H2,1-4H3. The van der Waals surface area contributed by atoms with E-state index in [-0.39, 0.29) is 12.5 Å². The zero-order chi connectivity index (χ0) is 18.6. The molecular formula is C17H29N3O5. The number of methoxy groups -OCH3 is 2. The molecule has 2 aliphatic rings. The highest BCUT2D eigenvalue weighted by Gasteiger charge is 2.58. The molecule has 0 aromatic carbocycles. The molecule has 3 amide bonds. The monoisotopic (exact) mass is 355 g/mol. The molecule has 1 spiro atoms. The summed E-state index contributed by atoms with van der Waals surface area (Å²) in [5, 5.41) is 0. The average molecular weight is 355 g/mol. The molecule has 0 bridgehead atoms. The first-order valence-corrected chi connectivity index (χ1v) is 8.77. The first-order valence-electron chi connectivity index (χ1n) is 8.77. The molecule has 0 unspecified atom stereocenters. The second-order valence-electron chi connectivity index (χ2n) is 7.12. The Labute approximate surface area is 149 Å². The Morgan fingerprint density at radius 2 is 1.84 bits per heavy atom. The van der Waals surface area contributed by atoms with Gasteiger partial charge in [0.15, 0.2) is 0 Å². The lowest BCUT2D eigenvalue weighted by Crippen LogP contribution is -2.57. The summed E-state index contributed by atoms with van der Waals surface area (Å²) >= 11 is 0. The van der Waals surface area contributed by atoms with E-state index < -0.39 is 17.5 Å². The third kappa shape index (κ3) is 3.95. The topological polar surface area (TPSA) is 79.4 Å². The Morgan fingerprint density at radius 3 is 2.36 bits per heavy atom. The van der Waals surface area contributed by atoms with Gasteiger partial charge in [0, 0.05) is 33.3 Å². The lowest BCUT2D eigenvalue weighted by molar-refractivity contribution is -0.146. The molecule has 2 fully saturated rings. The van der Waals surface area contributed by atoms with Crippen LogP contribution >= 0.6 is 0 Å². The third-order valence-electron chi connectivity index (χ3n) is 4.96. The van der Waals surface area contributed by atoms with Crippen molar-refractivity contribution in [3.05, 3.63) is 0 Å². The number of carbonyl (C=O) groups excluding carboxylic acids is 3. The summed E-state index contributed by atoms with van der Waals surface area (Å²) in [5.41, 5.74) is -0.864. The van der Waals surface area contributed by atoms with Crippen LogP contribution < -0.4 is 0 Å². The number of esters is 1. The minimum Gasteiger partial charge on any atom is -0.468 e. The van der Waals surface area contributed by atoms with Crippen molar-refractivity contribution in [1.82, 2.24) is 14.7 Å². The van der Waals surface area contributed by atoms with E-state index in [2.05, 4.69) is 23.5 Å². The minimum absolute atomic E-state index is 0.289. The van der Waals surface area contributed by atoms with Gasteiger partial charge in [-0.2, -0.15) is 0 Å². The van der Waals surface area contributed by atoms with Crippen molar-refractivity contribution < 1.29 is 23.9 Å². The van der Waals surface area contributed by atoms with E-state index >= 15 is 0 Å².